The molecule has 0 bridgehead atoms. The SMILES string of the molecule is CCOc1cccc(CC(C(=O)O)c2ccc(OC)cc2C)c1. The number of carboxylic acids is 1. The molecule has 1 atom stereocenters. The number of benzene rings is 2. The van der Waals surface area contributed by atoms with Crippen LogP contribution in [0.25, 0.3) is 0 Å². The lowest BCUT2D eigenvalue weighted by atomic mass is 9.89. The van der Waals surface area contributed by atoms with Crippen molar-refractivity contribution < 1.29 is 19.4 Å². The maximum Gasteiger partial charge on any atom is 0.311 e. The molecule has 2 aromatic rings. The molecule has 0 aliphatic rings. The Morgan fingerprint density at radius 3 is 2.57 bits per heavy atom. The van der Waals surface area contributed by atoms with Gasteiger partial charge in [-0.2, -0.15) is 0 Å². The summed E-state index contributed by atoms with van der Waals surface area (Å²) < 4.78 is 10.7. The van der Waals surface area contributed by atoms with Crippen LogP contribution in [0.15, 0.2) is 42.5 Å². The fourth-order valence-corrected chi connectivity index (χ4v) is 2.66. The fraction of sp³-hybridized carbons (Fsp3) is 0.316. The third kappa shape index (κ3) is 4.25. The first-order chi connectivity index (χ1) is 11.0. The van der Waals surface area contributed by atoms with E-state index in [4.69, 9.17) is 9.47 Å². The standard InChI is InChI=1S/C19H22O4/c1-4-23-16-7-5-6-14(11-16)12-18(19(20)21)17-9-8-15(22-3)10-13(17)2/h5-11,18H,4,12H2,1-3H3,(H,20,21). The van der Waals surface area contributed by atoms with Crippen LogP contribution in [0, 0.1) is 6.92 Å². The molecule has 0 saturated heterocycles. The average molecular weight is 314 g/mol. The molecule has 4 heteroatoms. The molecule has 0 saturated carbocycles. The van der Waals surface area contributed by atoms with Crippen molar-refractivity contribution in [2.75, 3.05) is 13.7 Å². The van der Waals surface area contributed by atoms with Gasteiger partial charge in [0.15, 0.2) is 0 Å². The molecular formula is C19H22O4. The van der Waals surface area contributed by atoms with Crippen LogP contribution in [0.3, 0.4) is 0 Å². The molecule has 0 aliphatic carbocycles. The average Bonchev–Trinajstić information content (AvgIpc) is 2.53. The zero-order chi connectivity index (χ0) is 16.8. The van der Waals surface area contributed by atoms with Crippen molar-refractivity contribution in [2.24, 2.45) is 0 Å². The lowest BCUT2D eigenvalue weighted by Crippen LogP contribution is -2.15. The Kier molecular flexibility index (Phi) is 5.63. The maximum atomic E-state index is 11.8. The summed E-state index contributed by atoms with van der Waals surface area (Å²) in [5.41, 5.74) is 2.66. The molecule has 23 heavy (non-hydrogen) atoms. The van der Waals surface area contributed by atoms with Crippen LogP contribution < -0.4 is 9.47 Å². The number of hydrogen-bond acceptors (Lipinski definition) is 3. The van der Waals surface area contributed by atoms with Crippen molar-refractivity contribution in [3.8, 4) is 11.5 Å². The normalized spacial score (nSPS) is 11.8. The molecule has 1 unspecified atom stereocenters. The van der Waals surface area contributed by atoms with Gasteiger partial charge in [-0.15, -0.1) is 0 Å². The zero-order valence-electron chi connectivity index (χ0n) is 13.7. The second-order valence-electron chi connectivity index (χ2n) is 5.40. The highest BCUT2D eigenvalue weighted by Gasteiger charge is 2.22. The largest absolute Gasteiger partial charge is 0.497 e. The fourth-order valence-electron chi connectivity index (χ4n) is 2.66. The van der Waals surface area contributed by atoms with E-state index in [-0.39, 0.29) is 0 Å². The number of carbonyl (C=O) groups is 1. The summed E-state index contributed by atoms with van der Waals surface area (Å²) in [6.07, 6.45) is 0.420. The van der Waals surface area contributed by atoms with E-state index >= 15 is 0 Å². The lowest BCUT2D eigenvalue weighted by Gasteiger charge is -2.17. The minimum atomic E-state index is -0.833. The van der Waals surface area contributed by atoms with E-state index in [1.807, 2.05) is 50.2 Å². The summed E-state index contributed by atoms with van der Waals surface area (Å²) in [6.45, 7) is 4.42. The van der Waals surface area contributed by atoms with Crippen LogP contribution in [0.1, 0.15) is 29.5 Å². The number of hydrogen-bond donors (Lipinski definition) is 1. The van der Waals surface area contributed by atoms with Crippen molar-refractivity contribution in [3.63, 3.8) is 0 Å². The van der Waals surface area contributed by atoms with Gasteiger partial charge in [0.05, 0.1) is 19.6 Å². The van der Waals surface area contributed by atoms with Crippen molar-refractivity contribution in [1.82, 2.24) is 0 Å². The molecule has 2 rings (SSSR count). The van der Waals surface area contributed by atoms with Gasteiger partial charge < -0.3 is 14.6 Å². The molecule has 0 heterocycles. The van der Waals surface area contributed by atoms with Crippen molar-refractivity contribution in [3.05, 3.63) is 59.2 Å². The highest BCUT2D eigenvalue weighted by atomic mass is 16.5. The van der Waals surface area contributed by atoms with Crippen LogP contribution in [0.2, 0.25) is 0 Å². The van der Waals surface area contributed by atoms with Gasteiger partial charge in [-0.05, 0) is 61.2 Å². The van der Waals surface area contributed by atoms with Gasteiger partial charge in [-0.3, -0.25) is 4.79 Å². The number of rotatable bonds is 7. The van der Waals surface area contributed by atoms with Gasteiger partial charge in [0, 0.05) is 0 Å². The second-order valence-corrected chi connectivity index (χ2v) is 5.40. The van der Waals surface area contributed by atoms with Crippen LogP contribution in [-0.4, -0.2) is 24.8 Å². The van der Waals surface area contributed by atoms with Crippen LogP contribution in [-0.2, 0) is 11.2 Å². The van der Waals surface area contributed by atoms with Gasteiger partial charge in [0.2, 0.25) is 0 Å². The second kappa shape index (κ2) is 7.68. The molecular weight excluding hydrogens is 292 g/mol. The first kappa shape index (κ1) is 16.9. The summed E-state index contributed by atoms with van der Waals surface area (Å²) in [6, 6.07) is 13.1. The summed E-state index contributed by atoms with van der Waals surface area (Å²) in [7, 11) is 1.60. The Morgan fingerprint density at radius 1 is 1.17 bits per heavy atom. The van der Waals surface area contributed by atoms with E-state index in [9.17, 15) is 9.90 Å². The highest BCUT2D eigenvalue weighted by molar-refractivity contribution is 5.77. The molecule has 4 nitrogen and oxygen atoms in total. The first-order valence-electron chi connectivity index (χ1n) is 7.64. The molecule has 122 valence electrons. The van der Waals surface area contributed by atoms with E-state index in [0.717, 1.165) is 28.2 Å². The van der Waals surface area contributed by atoms with Gasteiger partial charge in [-0.1, -0.05) is 18.2 Å². The molecule has 0 fully saturated rings. The Morgan fingerprint density at radius 2 is 1.96 bits per heavy atom. The summed E-state index contributed by atoms with van der Waals surface area (Å²) in [5.74, 6) is 0.0622. The third-order valence-electron chi connectivity index (χ3n) is 3.80. The van der Waals surface area contributed by atoms with Crippen LogP contribution in [0.5, 0.6) is 11.5 Å². The van der Waals surface area contributed by atoms with Gasteiger partial charge in [0.25, 0.3) is 0 Å². The van der Waals surface area contributed by atoms with Crippen LogP contribution >= 0.6 is 0 Å². The molecule has 0 radical (unpaired) electrons. The van der Waals surface area contributed by atoms with Crippen molar-refractivity contribution >= 4 is 5.97 Å². The Balaban J connectivity index is 2.29. The molecule has 0 amide bonds. The highest BCUT2D eigenvalue weighted by Crippen LogP contribution is 2.28. The lowest BCUT2D eigenvalue weighted by molar-refractivity contribution is -0.138. The van der Waals surface area contributed by atoms with Gasteiger partial charge >= 0.3 is 5.97 Å². The molecule has 1 N–H and O–H groups in total. The van der Waals surface area contributed by atoms with E-state index in [1.54, 1.807) is 13.2 Å². The minimum Gasteiger partial charge on any atom is -0.497 e. The Labute approximate surface area is 136 Å². The molecule has 0 spiro atoms. The third-order valence-corrected chi connectivity index (χ3v) is 3.80. The Hall–Kier alpha value is -2.49. The predicted octanol–water partition coefficient (Wildman–Crippen LogP) is 3.81. The summed E-state index contributed by atoms with van der Waals surface area (Å²) in [4.78, 5) is 11.8. The quantitative estimate of drug-likeness (QED) is 0.844. The van der Waals surface area contributed by atoms with E-state index < -0.39 is 11.9 Å². The number of aliphatic carboxylic acids is 1. The number of aryl methyl sites for hydroxylation is 1. The number of methoxy groups -OCH3 is 1. The van der Waals surface area contributed by atoms with Gasteiger partial charge in [-0.25, -0.2) is 0 Å². The first-order valence-corrected chi connectivity index (χ1v) is 7.64. The number of carboxylic acid groups (broad SMARTS) is 1. The monoisotopic (exact) mass is 314 g/mol. The minimum absolute atomic E-state index is 0.420. The molecule has 2 aromatic carbocycles. The summed E-state index contributed by atoms with van der Waals surface area (Å²) >= 11 is 0. The molecule has 0 aliphatic heterocycles. The van der Waals surface area contributed by atoms with Gasteiger partial charge in [0.1, 0.15) is 11.5 Å². The maximum absolute atomic E-state index is 11.8. The molecule has 0 aromatic heterocycles. The van der Waals surface area contributed by atoms with E-state index in [2.05, 4.69) is 0 Å². The summed E-state index contributed by atoms with van der Waals surface area (Å²) in [5, 5.41) is 9.65. The topological polar surface area (TPSA) is 55.8 Å². The smallest absolute Gasteiger partial charge is 0.311 e. The van der Waals surface area contributed by atoms with Crippen molar-refractivity contribution in [2.45, 2.75) is 26.2 Å². The van der Waals surface area contributed by atoms with Crippen molar-refractivity contribution in [1.29, 1.82) is 0 Å². The Bertz CT molecular complexity index is 679. The number of ether oxygens (including phenoxy) is 2. The zero-order valence-corrected chi connectivity index (χ0v) is 13.7. The van der Waals surface area contributed by atoms with Crippen LogP contribution in [0.4, 0.5) is 0 Å². The van der Waals surface area contributed by atoms with E-state index in [1.165, 1.54) is 0 Å². The predicted molar refractivity (Wildman–Crippen MR) is 89.4 cm³/mol. The van der Waals surface area contributed by atoms with E-state index in [0.29, 0.717) is 13.0 Å².